The summed E-state index contributed by atoms with van der Waals surface area (Å²) in [6.45, 7) is 5.58. The third kappa shape index (κ3) is 5.05. The molecule has 136 valence electrons. The van der Waals surface area contributed by atoms with Crippen LogP contribution in [0.4, 0.5) is 0 Å². The molecule has 0 aromatic heterocycles. The molecule has 0 bridgehead atoms. The molecule has 0 spiro atoms. The Labute approximate surface area is 142 Å². The highest BCUT2D eigenvalue weighted by Crippen LogP contribution is 2.31. The van der Waals surface area contributed by atoms with Crippen LogP contribution < -0.4 is 0 Å². The molecule has 0 radical (unpaired) electrons. The Kier molecular flexibility index (Phi) is 6.80. The Balaban J connectivity index is 1.78. The lowest BCUT2D eigenvalue weighted by atomic mass is 9.80. The fourth-order valence-electron chi connectivity index (χ4n) is 3.58. The minimum atomic E-state index is -0.679. The molecule has 2 aliphatic rings. The second kappa shape index (κ2) is 8.62. The number of rotatable bonds is 5. The normalized spacial score (nSPS) is 36.6. The van der Waals surface area contributed by atoms with Gasteiger partial charge in [0.05, 0.1) is 24.7 Å². The highest BCUT2D eigenvalue weighted by atomic mass is 16.6. The first-order valence-corrected chi connectivity index (χ1v) is 8.76. The van der Waals surface area contributed by atoms with E-state index in [1.54, 1.807) is 0 Å². The molecule has 6 unspecified atom stereocenters. The molecule has 0 aromatic carbocycles. The van der Waals surface area contributed by atoms with E-state index in [1.807, 2.05) is 6.92 Å². The smallest absolute Gasteiger partial charge is 0.330 e. The highest BCUT2D eigenvalue weighted by molar-refractivity contribution is 5.81. The van der Waals surface area contributed by atoms with Crippen molar-refractivity contribution >= 4 is 11.9 Å². The summed E-state index contributed by atoms with van der Waals surface area (Å²) < 4.78 is 10.6. The third-order valence-corrected chi connectivity index (χ3v) is 5.22. The van der Waals surface area contributed by atoms with Crippen LogP contribution in [0, 0.1) is 17.8 Å². The van der Waals surface area contributed by atoms with E-state index >= 15 is 0 Å². The second-order valence-electron chi connectivity index (χ2n) is 7.11. The molecule has 2 N–H and O–H groups in total. The summed E-state index contributed by atoms with van der Waals surface area (Å²) in [4.78, 5) is 23.5. The lowest BCUT2D eigenvalue weighted by molar-refractivity contribution is -0.159. The Morgan fingerprint density at radius 1 is 1.12 bits per heavy atom. The molecular weight excluding hydrogens is 312 g/mol. The van der Waals surface area contributed by atoms with Gasteiger partial charge in [-0.05, 0) is 50.4 Å². The SMILES string of the molecule is C=CC(=O)OC1CC(COC(=O)C2CCC(O)C(C)C2)CCC1O. The Hall–Kier alpha value is -1.40. The number of ether oxygens (including phenoxy) is 2. The average molecular weight is 340 g/mol. The third-order valence-electron chi connectivity index (χ3n) is 5.22. The maximum Gasteiger partial charge on any atom is 0.330 e. The van der Waals surface area contributed by atoms with Gasteiger partial charge in [0.2, 0.25) is 0 Å². The minimum Gasteiger partial charge on any atom is -0.465 e. The van der Waals surface area contributed by atoms with Gasteiger partial charge < -0.3 is 19.7 Å². The maximum absolute atomic E-state index is 12.2. The van der Waals surface area contributed by atoms with Crippen LogP contribution in [0.15, 0.2) is 12.7 Å². The van der Waals surface area contributed by atoms with E-state index in [9.17, 15) is 19.8 Å². The van der Waals surface area contributed by atoms with Crippen molar-refractivity contribution in [2.75, 3.05) is 6.61 Å². The predicted molar refractivity (Wildman–Crippen MR) is 86.9 cm³/mol. The molecule has 6 atom stereocenters. The first-order valence-electron chi connectivity index (χ1n) is 8.76. The van der Waals surface area contributed by atoms with E-state index in [-0.39, 0.29) is 36.4 Å². The Morgan fingerprint density at radius 2 is 1.83 bits per heavy atom. The summed E-state index contributed by atoms with van der Waals surface area (Å²) in [5, 5.41) is 19.7. The topological polar surface area (TPSA) is 93.1 Å². The molecule has 2 saturated carbocycles. The summed E-state index contributed by atoms with van der Waals surface area (Å²) in [6.07, 6.45) is 3.18. The van der Waals surface area contributed by atoms with E-state index in [2.05, 4.69) is 6.58 Å². The highest BCUT2D eigenvalue weighted by Gasteiger charge is 2.34. The first kappa shape index (κ1) is 18.9. The van der Waals surface area contributed by atoms with Crippen molar-refractivity contribution < 1.29 is 29.3 Å². The summed E-state index contributed by atoms with van der Waals surface area (Å²) in [7, 11) is 0. The van der Waals surface area contributed by atoms with Gasteiger partial charge in [-0.15, -0.1) is 0 Å². The molecule has 0 heterocycles. The van der Waals surface area contributed by atoms with Gasteiger partial charge in [0.15, 0.2) is 0 Å². The van der Waals surface area contributed by atoms with Crippen LogP contribution in [0.3, 0.4) is 0 Å². The van der Waals surface area contributed by atoms with E-state index in [1.165, 1.54) is 0 Å². The standard InChI is InChI=1S/C18H28O6/c1-3-17(21)24-16-9-12(4-6-15(16)20)10-23-18(22)13-5-7-14(19)11(2)8-13/h3,11-16,19-20H,1,4-10H2,2H3. The van der Waals surface area contributed by atoms with Crippen molar-refractivity contribution in [3.05, 3.63) is 12.7 Å². The second-order valence-corrected chi connectivity index (χ2v) is 7.11. The number of hydrogen-bond acceptors (Lipinski definition) is 6. The van der Waals surface area contributed by atoms with Crippen LogP contribution in [0.2, 0.25) is 0 Å². The lowest BCUT2D eigenvalue weighted by Crippen LogP contribution is -2.39. The molecule has 6 nitrogen and oxygen atoms in total. The zero-order valence-corrected chi connectivity index (χ0v) is 14.2. The van der Waals surface area contributed by atoms with E-state index in [4.69, 9.17) is 9.47 Å². The van der Waals surface area contributed by atoms with Gasteiger partial charge in [-0.1, -0.05) is 13.5 Å². The van der Waals surface area contributed by atoms with Crippen LogP contribution in [-0.2, 0) is 19.1 Å². The molecule has 0 aliphatic heterocycles. The van der Waals surface area contributed by atoms with Crippen LogP contribution in [0.25, 0.3) is 0 Å². The predicted octanol–water partition coefficient (Wildman–Crippen LogP) is 1.59. The van der Waals surface area contributed by atoms with Gasteiger partial charge in [0.25, 0.3) is 0 Å². The average Bonchev–Trinajstić information content (AvgIpc) is 2.57. The van der Waals surface area contributed by atoms with Crippen molar-refractivity contribution in [3.63, 3.8) is 0 Å². The van der Waals surface area contributed by atoms with Crippen LogP contribution in [-0.4, -0.2) is 47.1 Å². The fourth-order valence-corrected chi connectivity index (χ4v) is 3.58. The molecular formula is C18H28O6. The molecule has 0 aromatic rings. The molecule has 0 amide bonds. The molecule has 2 aliphatic carbocycles. The number of esters is 2. The maximum atomic E-state index is 12.2. The van der Waals surface area contributed by atoms with Gasteiger partial charge in [0, 0.05) is 6.08 Å². The van der Waals surface area contributed by atoms with Crippen LogP contribution >= 0.6 is 0 Å². The molecule has 0 saturated heterocycles. The van der Waals surface area contributed by atoms with Crippen molar-refractivity contribution in [3.8, 4) is 0 Å². The van der Waals surface area contributed by atoms with Gasteiger partial charge >= 0.3 is 11.9 Å². The summed E-state index contributed by atoms with van der Waals surface area (Å²) in [5.41, 5.74) is 0. The van der Waals surface area contributed by atoms with Crippen molar-refractivity contribution in [2.24, 2.45) is 17.8 Å². The summed E-state index contributed by atoms with van der Waals surface area (Å²) >= 11 is 0. The summed E-state index contributed by atoms with van der Waals surface area (Å²) in [5.74, 6) is -0.715. The number of aliphatic hydroxyl groups excluding tert-OH is 2. The number of carbonyl (C=O) groups excluding carboxylic acids is 2. The Morgan fingerprint density at radius 3 is 2.50 bits per heavy atom. The van der Waals surface area contributed by atoms with Crippen molar-refractivity contribution in [1.82, 2.24) is 0 Å². The molecule has 2 rings (SSSR count). The quantitative estimate of drug-likeness (QED) is 0.583. The fraction of sp³-hybridized carbons (Fsp3) is 0.778. The summed E-state index contributed by atoms with van der Waals surface area (Å²) in [6, 6.07) is 0. The van der Waals surface area contributed by atoms with Gasteiger partial charge in [0.1, 0.15) is 6.10 Å². The van der Waals surface area contributed by atoms with Crippen molar-refractivity contribution in [2.45, 2.75) is 63.8 Å². The number of hydrogen-bond donors (Lipinski definition) is 2. The van der Waals surface area contributed by atoms with E-state index in [0.29, 0.717) is 32.1 Å². The van der Waals surface area contributed by atoms with Crippen molar-refractivity contribution in [1.29, 1.82) is 0 Å². The Bertz CT molecular complexity index is 462. The van der Waals surface area contributed by atoms with Crippen LogP contribution in [0.5, 0.6) is 0 Å². The van der Waals surface area contributed by atoms with Crippen LogP contribution in [0.1, 0.15) is 45.4 Å². The molecule has 24 heavy (non-hydrogen) atoms. The van der Waals surface area contributed by atoms with Gasteiger partial charge in [-0.2, -0.15) is 0 Å². The van der Waals surface area contributed by atoms with E-state index < -0.39 is 18.2 Å². The zero-order chi connectivity index (χ0) is 17.7. The molecule has 2 fully saturated rings. The monoisotopic (exact) mass is 340 g/mol. The largest absolute Gasteiger partial charge is 0.465 e. The van der Waals surface area contributed by atoms with E-state index in [0.717, 1.165) is 12.5 Å². The molecule has 6 heteroatoms. The first-order chi connectivity index (χ1) is 11.4. The number of aliphatic hydroxyl groups is 2. The lowest BCUT2D eigenvalue weighted by Gasteiger charge is -2.33. The zero-order valence-electron chi connectivity index (χ0n) is 14.2. The van der Waals surface area contributed by atoms with Gasteiger partial charge in [-0.25, -0.2) is 4.79 Å². The number of carbonyl (C=O) groups is 2. The minimum absolute atomic E-state index is 0.0755. The van der Waals surface area contributed by atoms with Gasteiger partial charge in [-0.3, -0.25) is 4.79 Å².